The van der Waals surface area contributed by atoms with E-state index in [-0.39, 0.29) is 0 Å². The van der Waals surface area contributed by atoms with Gasteiger partial charge in [0.25, 0.3) is 0 Å². The third kappa shape index (κ3) is 4.05. The molecule has 1 unspecified atom stereocenters. The molecule has 0 aromatic heterocycles. The number of benzene rings is 1. The molecule has 1 aromatic carbocycles. The molecule has 116 valence electrons. The quantitative estimate of drug-likeness (QED) is 0.845. The van der Waals surface area contributed by atoms with Gasteiger partial charge in [-0.05, 0) is 24.8 Å². The number of hydrogen-bond acceptors (Lipinski definition) is 3. The van der Waals surface area contributed by atoms with Crippen molar-refractivity contribution < 1.29 is 15.0 Å². The zero-order chi connectivity index (χ0) is 15.3. The molecule has 1 heterocycles. The lowest BCUT2D eigenvalue weighted by Gasteiger charge is -2.41. The minimum atomic E-state index is -1.05. The maximum Gasteiger partial charge on any atom is 0.309 e. The van der Waals surface area contributed by atoms with Crippen LogP contribution in [0.15, 0.2) is 30.3 Å². The summed E-state index contributed by atoms with van der Waals surface area (Å²) in [5.41, 5.74) is 0.209. The summed E-state index contributed by atoms with van der Waals surface area (Å²) in [6.45, 7) is 4.32. The number of carboxylic acid groups (broad SMARTS) is 1. The zero-order valence-electron chi connectivity index (χ0n) is 12.7. The lowest BCUT2D eigenvalue weighted by molar-refractivity contribution is -0.157. The molecule has 0 saturated carbocycles. The van der Waals surface area contributed by atoms with E-state index in [0.29, 0.717) is 19.3 Å². The van der Waals surface area contributed by atoms with Crippen LogP contribution in [0.1, 0.15) is 38.2 Å². The molecule has 0 aliphatic carbocycles. The molecule has 1 aliphatic heterocycles. The second-order valence-electron chi connectivity index (χ2n) is 6.04. The van der Waals surface area contributed by atoms with E-state index >= 15 is 0 Å². The standard InChI is InChI=1S/C17H25NO3/c1-2-6-15(16(19)20)17(21)9-11-18(12-10-17)13-14-7-4-3-5-8-14/h3-5,7-8,15,21H,2,6,9-13H2,1H3,(H,19,20). The number of aliphatic carboxylic acids is 1. The summed E-state index contributed by atoms with van der Waals surface area (Å²) in [5, 5.41) is 20.1. The van der Waals surface area contributed by atoms with E-state index in [1.165, 1.54) is 5.56 Å². The highest BCUT2D eigenvalue weighted by atomic mass is 16.4. The van der Waals surface area contributed by atoms with E-state index in [4.69, 9.17) is 0 Å². The first-order chi connectivity index (χ1) is 10.0. The van der Waals surface area contributed by atoms with Crippen LogP contribution in [0.4, 0.5) is 0 Å². The molecule has 1 fully saturated rings. The monoisotopic (exact) mass is 291 g/mol. The van der Waals surface area contributed by atoms with Crippen LogP contribution < -0.4 is 0 Å². The fourth-order valence-electron chi connectivity index (χ4n) is 3.20. The predicted molar refractivity (Wildman–Crippen MR) is 81.9 cm³/mol. The van der Waals surface area contributed by atoms with Crippen molar-refractivity contribution in [3.8, 4) is 0 Å². The number of hydrogen-bond donors (Lipinski definition) is 2. The Morgan fingerprint density at radius 2 is 1.90 bits per heavy atom. The van der Waals surface area contributed by atoms with Gasteiger partial charge in [-0.1, -0.05) is 43.7 Å². The fraction of sp³-hybridized carbons (Fsp3) is 0.588. The number of piperidine rings is 1. The first-order valence-electron chi connectivity index (χ1n) is 7.76. The van der Waals surface area contributed by atoms with Gasteiger partial charge in [0.1, 0.15) is 0 Å². The Balaban J connectivity index is 1.93. The number of nitrogens with zero attached hydrogens (tertiary/aromatic N) is 1. The summed E-state index contributed by atoms with van der Waals surface area (Å²) in [6, 6.07) is 10.2. The molecule has 1 atom stereocenters. The molecular formula is C17H25NO3. The van der Waals surface area contributed by atoms with Crippen molar-refractivity contribution >= 4 is 5.97 Å². The highest BCUT2D eigenvalue weighted by Crippen LogP contribution is 2.33. The molecule has 0 spiro atoms. The summed E-state index contributed by atoms with van der Waals surface area (Å²) >= 11 is 0. The van der Waals surface area contributed by atoms with E-state index in [2.05, 4.69) is 17.0 Å². The van der Waals surface area contributed by atoms with Crippen LogP contribution in [-0.2, 0) is 11.3 Å². The average molecular weight is 291 g/mol. The second kappa shape index (κ2) is 7.05. The largest absolute Gasteiger partial charge is 0.481 e. The molecule has 4 nitrogen and oxygen atoms in total. The molecule has 2 rings (SSSR count). The van der Waals surface area contributed by atoms with E-state index in [9.17, 15) is 15.0 Å². The maximum absolute atomic E-state index is 11.4. The molecule has 0 bridgehead atoms. The topological polar surface area (TPSA) is 60.8 Å². The Hall–Kier alpha value is -1.39. The van der Waals surface area contributed by atoms with Gasteiger partial charge in [0.2, 0.25) is 0 Å². The van der Waals surface area contributed by atoms with Gasteiger partial charge in [0.05, 0.1) is 11.5 Å². The summed E-state index contributed by atoms with van der Waals surface area (Å²) in [7, 11) is 0. The molecule has 0 amide bonds. The zero-order valence-corrected chi connectivity index (χ0v) is 12.7. The molecule has 2 N–H and O–H groups in total. The lowest BCUT2D eigenvalue weighted by Crippen LogP contribution is -2.50. The number of carboxylic acids is 1. The number of aliphatic hydroxyl groups is 1. The highest BCUT2D eigenvalue weighted by molar-refractivity contribution is 5.71. The smallest absolute Gasteiger partial charge is 0.309 e. The predicted octanol–water partition coefficient (Wildman–Crippen LogP) is 2.51. The van der Waals surface area contributed by atoms with Gasteiger partial charge < -0.3 is 10.2 Å². The molecule has 1 aliphatic rings. The summed E-state index contributed by atoms with van der Waals surface area (Å²) in [4.78, 5) is 13.7. The summed E-state index contributed by atoms with van der Waals surface area (Å²) < 4.78 is 0. The van der Waals surface area contributed by atoms with Crippen molar-refractivity contribution in [1.29, 1.82) is 0 Å². The van der Waals surface area contributed by atoms with Crippen LogP contribution in [0.2, 0.25) is 0 Å². The summed E-state index contributed by atoms with van der Waals surface area (Å²) in [6.07, 6.45) is 2.41. The fourth-order valence-corrected chi connectivity index (χ4v) is 3.20. The molecule has 21 heavy (non-hydrogen) atoms. The Morgan fingerprint density at radius 1 is 1.29 bits per heavy atom. The van der Waals surface area contributed by atoms with E-state index in [0.717, 1.165) is 26.1 Å². The minimum Gasteiger partial charge on any atom is -0.481 e. The third-order valence-electron chi connectivity index (χ3n) is 4.49. The van der Waals surface area contributed by atoms with Crippen molar-refractivity contribution in [2.45, 2.75) is 44.8 Å². The van der Waals surface area contributed by atoms with Crippen LogP contribution in [0.3, 0.4) is 0 Å². The van der Waals surface area contributed by atoms with Gasteiger partial charge in [-0.2, -0.15) is 0 Å². The van der Waals surface area contributed by atoms with Crippen molar-refractivity contribution in [2.75, 3.05) is 13.1 Å². The molecule has 0 radical (unpaired) electrons. The molecular weight excluding hydrogens is 266 g/mol. The van der Waals surface area contributed by atoms with Gasteiger partial charge in [-0.25, -0.2) is 0 Å². The van der Waals surface area contributed by atoms with Crippen LogP contribution in [-0.4, -0.2) is 39.8 Å². The van der Waals surface area contributed by atoms with Crippen LogP contribution in [0.25, 0.3) is 0 Å². The highest BCUT2D eigenvalue weighted by Gasteiger charge is 2.42. The van der Waals surface area contributed by atoms with Gasteiger partial charge in [0, 0.05) is 19.6 Å². The Bertz CT molecular complexity index is 452. The third-order valence-corrected chi connectivity index (χ3v) is 4.49. The first kappa shape index (κ1) is 16.0. The number of rotatable bonds is 6. The molecule has 4 heteroatoms. The van der Waals surface area contributed by atoms with Gasteiger partial charge in [0.15, 0.2) is 0 Å². The second-order valence-corrected chi connectivity index (χ2v) is 6.04. The van der Waals surface area contributed by atoms with E-state index < -0.39 is 17.5 Å². The Labute approximate surface area is 126 Å². The SMILES string of the molecule is CCCC(C(=O)O)C1(O)CCN(Cc2ccccc2)CC1. The van der Waals surface area contributed by atoms with Crippen molar-refractivity contribution in [2.24, 2.45) is 5.92 Å². The van der Waals surface area contributed by atoms with Crippen molar-refractivity contribution in [3.63, 3.8) is 0 Å². The lowest BCUT2D eigenvalue weighted by atomic mass is 9.77. The van der Waals surface area contributed by atoms with E-state index in [1.807, 2.05) is 25.1 Å². The molecule has 1 saturated heterocycles. The first-order valence-corrected chi connectivity index (χ1v) is 7.76. The van der Waals surface area contributed by atoms with Gasteiger partial charge in [-0.3, -0.25) is 9.69 Å². The Kier molecular flexibility index (Phi) is 5.37. The van der Waals surface area contributed by atoms with Crippen molar-refractivity contribution in [3.05, 3.63) is 35.9 Å². The summed E-state index contributed by atoms with van der Waals surface area (Å²) in [5.74, 6) is -1.50. The van der Waals surface area contributed by atoms with E-state index in [1.54, 1.807) is 0 Å². The normalized spacial score (nSPS) is 20.1. The number of likely N-dealkylation sites (tertiary alicyclic amines) is 1. The van der Waals surface area contributed by atoms with Gasteiger partial charge >= 0.3 is 5.97 Å². The molecule has 1 aromatic rings. The van der Waals surface area contributed by atoms with Crippen molar-refractivity contribution in [1.82, 2.24) is 4.90 Å². The Morgan fingerprint density at radius 3 is 2.43 bits per heavy atom. The minimum absolute atomic E-state index is 0.538. The van der Waals surface area contributed by atoms with Crippen LogP contribution in [0, 0.1) is 5.92 Å². The maximum atomic E-state index is 11.4. The van der Waals surface area contributed by atoms with Crippen LogP contribution in [0.5, 0.6) is 0 Å². The van der Waals surface area contributed by atoms with Gasteiger partial charge in [-0.15, -0.1) is 0 Å². The number of carbonyl (C=O) groups is 1. The van der Waals surface area contributed by atoms with Crippen LogP contribution >= 0.6 is 0 Å². The average Bonchev–Trinajstić information content (AvgIpc) is 2.48.